The minimum atomic E-state index is -1.93. The van der Waals surface area contributed by atoms with Crippen LogP contribution in [0, 0.1) is 27.7 Å². The zero-order valence-corrected chi connectivity index (χ0v) is 19.5. The molecule has 1 N–H and O–H groups in total. The van der Waals surface area contributed by atoms with Crippen molar-refractivity contribution in [2.75, 3.05) is 4.90 Å². The summed E-state index contributed by atoms with van der Waals surface area (Å²) in [4.78, 5) is 28.5. The summed E-state index contributed by atoms with van der Waals surface area (Å²) in [6.45, 7) is 7.97. The van der Waals surface area contributed by atoms with Gasteiger partial charge in [0.15, 0.2) is 11.4 Å². The lowest BCUT2D eigenvalue weighted by atomic mass is 9.84. The molecule has 0 bridgehead atoms. The van der Waals surface area contributed by atoms with Crippen molar-refractivity contribution in [3.8, 4) is 0 Å². The monoisotopic (exact) mass is 447 g/mol. The number of para-hydroxylation sites is 1. The first-order valence-electron chi connectivity index (χ1n) is 10.6. The van der Waals surface area contributed by atoms with E-state index in [1.54, 1.807) is 24.3 Å². The van der Waals surface area contributed by atoms with Crippen LogP contribution in [0.15, 0.2) is 54.6 Å². The van der Waals surface area contributed by atoms with Crippen molar-refractivity contribution < 1.29 is 14.7 Å². The summed E-state index contributed by atoms with van der Waals surface area (Å²) in [6.07, 6.45) is -0.313. The summed E-state index contributed by atoms with van der Waals surface area (Å²) in [5.41, 5.74) is 4.28. The Balaban J connectivity index is 1.74. The van der Waals surface area contributed by atoms with Gasteiger partial charge in [0.05, 0.1) is 18.7 Å². The molecule has 3 aromatic rings. The highest BCUT2D eigenvalue weighted by molar-refractivity contribution is 6.31. The van der Waals surface area contributed by atoms with Gasteiger partial charge in [-0.2, -0.15) is 0 Å². The molecule has 32 heavy (non-hydrogen) atoms. The van der Waals surface area contributed by atoms with E-state index in [4.69, 9.17) is 11.6 Å². The topological polar surface area (TPSA) is 57.6 Å². The van der Waals surface area contributed by atoms with Gasteiger partial charge in [-0.05, 0) is 67.6 Å². The van der Waals surface area contributed by atoms with Gasteiger partial charge in [0, 0.05) is 16.1 Å². The van der Waals surface area contributed by atoms with E-state index in [0.29, 0.717) is 21.8 Å². The third kappa shape index (κ3) is 3.54. The molecule has 0 unspecified atom stereocenters. The molecule has 1 amide bonds. The number of benzene rings is 3. The molecule has 5 heteroatoms. The normalized spacial score (nSPS) is 17.6. The van der Waals surface area contributed by atoms with E-state index in [9.17, 15) is 14.7 Å². The molecule has 1 aliphatic heterocycles. The van der Waals surface area contributed by atoms with Crippen LogP contribution in [0.4, 0.5) is 5.69 Å². The van der Waals surface area contributed by atoms with Crippen LogP contribution in [0.3, 0.4) is 0 Å². The van der Waals surface area contributed by atoms with Crippen LogP contribution in [0.2, 0.25) is 5.02 Å². The predicted molar refractivity (Wildman–Crippen MR) is 127 cm³/mol. The second kappa shape index (κ2) is 8.19. The number of hydrogen-bond acceptors (Lipinski definition) is 3. The SMILES string of the molecule is Cc1cc(C)c(C)c(C(=O)C[C@@]2(O)C(=O)N(Cc3ccccc3Cl)c3ccccc32)c1C. The van der Waals surface area contributed by atoms with E-state index < -0.39 is 11.5 Å². The number of hydrogen-bond donors (Lipinski definition) is 1. The molecule has 1 heterocycles. The number of ketones is 1. The van der Waals surface area contributed by atoms with Gasteiger partial charge in [-0.1, -0.05) is 54.1 Å². The highest BCUT2D eigenvalue weighted by Crippen LogP contribution is 2.44. The van der Waals surface area contributed by atoms with Gasteiger partial charge >= 0.3 is 0 Å². The number of amides is 1. The maximum Gasteiger partial charge on any atom is 0.264 e. The highest BCUT2D eigenvalue weighted by Gasteiger charge is 2.51. The smallest absolute Gasteiger partial charge is 0.264 e. The second-order valence-corrected chi connectivity index (χ2v) is 9.00. The number of aryl methyl sites for hydroxylation is 2. The molecule has 0 fully saturated rings. The van der Waals surface area contributed by atoms with Crippen molar-refractivity contribution in [2.45, 2.75) is 46.3 Å². The molecule has 1 atom stereocenters. The number of carbonyl (C=O) groups excluding carboxylic acids is 2. The van der Waals surface area contributed by atoms with Crippen LogP contribution in [-0.4, -0.2) is 16.8 Å². The van der Waals surface area contributed by atoms with Gasteiger partial charge in [0.1, 0.15) is 0 Å². The molecule has 0 spiro atoms. The zero-order valence-electron chi connectivity index (χ0n) is 18.7. The molecule has 1 aliphatic rings. The van der Waals surface area contributed by atoms with Gasteiger partial charge in [-0.3, -0.25) is 9.59 Å². The lowest BCUT2D eigenvalue weighted by Gasteiger charge is -2.24. The predicted octanol–water partition coefficient (Wildman–Crippen LogP) is 5.58. The van der Waals surface area contributed by atoms with Crippen molar-refractivity contribution in [1.82, 2.24) is 0 Å². The molecule has 4 nitrogen and oxygen atoms in total. The standard InChI is InChI=1S/C27H26ClNO3/c1-16-13-17(2)19(4)25(18(16)3)24(30)14-27(32)21-10-6-8-12-23(21)29(26(27)31)15-20-9-5-7-11-22(20)28/h5-13,32H,14-15H2,1-4H3/t27-/m0/s1. The summed E-state index contributed by atoms with van der Waals surface area (Å²) < 4.78 is 0. The third-order valence-electron chi connectivity index (χ3n) is 6.59. The molecule has 0 saturated heterocycles. The Hall–Kier alpha value is -2.95. The van der Waals surface area contributed by atoms with E-state index in [1.165, 1.54) is 4.90 Å². The summed E-state index contributed by atoms with van der Waals surface area (Å²) in [5.74, 6) is -0.747. The molecule has 3 aromatic carbocycles. The first-order valence-corrected chi connectivity index (χ1v) is 11.0. The fraction of sp³-hybridized carbons (Fsp3) is 0.259. The molecular formula is C27H26ClNO3. The van der Waals surface area contributed by atoms with E-state index in [1.807, 2.05) is 52.0 Å². The van der Waals surface area contributed by atoms with Crippen molar-refractivity contribution in [3.63, 3.8) is 0 Å². The zero-order chi connectivity index (χ0) is 23.2. The summed E-state index contributed by atoms with van der Waals surface area (Å²) >= 11 is 6.32. The largest absolute Gasteiger partial charge is 0.375 e. The number of aliphatic hydroxyl groups is 1. The fourth-order valence-electron chi connectivity index (χ4n) is 4.59. The molecule has 4 rings (SSSR count). The Kier molecular flexibility index (Phi) is 5.70. The van der Waals surface area contributed by atoms with Gasteiger partial charge in [0.25, 0.3) is 5.91 Å². The number of Topliss-reactive ketones (excluding diaryl/α,β-unsaturated/α-hetero) is 1. The summed E-state index contributed by atoms with van der Waals surface area (Å²) in [6, 6.07) is 16.5. The van der Waals surface area contributed by atoms with E-state index in [0.717, 1.165) is 27.8 Å². The first kappa shape index (κ1) is 22.3. The van der Waals surface area contributed by atoms with Crippen LogP contribution in [0.5, 0.6) is 0 Å². The lowest BCUT2D eigenvalue weighted by Crippen LogP contribution is -2.41. The molecule has 0 radical (unpaired) electrons. The van der Waals surface area contributed by atoms with Gasteiger partial charge < -0.3 is 10.0 Å². The van der Waals surface area contributed by atoms with E-state index in [2.05, 4.69) is 6.07 Å². The van der Waals surface area contributed by atoms with Crippen molar-refractivity contribution in [2.24, 2.45) is 0 Å². The average molecular weight is 448 g/mol. The average Bonchev–Trinajstić information content (AvgIpc) is 2.96. The molecule has 0 aliphatic carbocycles. The minimum absolute atomic E-state index is 0.216. The molecule has 164 valence electrons. The third-order valence-corrected chi connectivity index (χ3v) is 6.96. The van der Waals surface area contributed by atoms with Gasteiger partial charge in [-0.25, -0.2) is 0 Å². The maximum atomic E-state index is 13.6. The summed E-state index contributed by atoms with van der Waals surface area (Å²) in [5, 5.41) is 12.2. The van der Waals surface area contributed by atoms with E-state index in [-0.39, 0.29) is 18.7 Å². The molecular weight excluding hydrogens is 422 g/mol. The highest BCUT2D eigenvalue weighted by atomic mass is 35.5. The van der Waals surface area contributed by atoms with Gasteiger partial charge in [-0.15, -0.1) is 0 Å². The Morgan fingerprint density at radius 3 is 2.22 bits per heavy atom. The fourth-order valence-corrected chi connectivity index (χ4v) is 4.78. The number of anilines is 1. The number of halogens is 1. The van der Waals surface area contributed by atoms with Crippen molar-refractivity contribution in [3.05, 3.63) is 98.6 Å². The van der Waals surface area contributed by atoms with Gasteiger partial charge in [0.2, 0.25) is 0 Å². The lowest BCUT2D eigenvalue weighted by molar-refractivity contribution is -0.136. The van der Waals surface area contributed by atoms with Crippen molar-refractivity contribution in [1.29, 1.82) is 0 Å². The van der Waals surface area contributed by atoms with Crippen LogP contribution in [0.1, 0.15) is 50.2 Å². The minimum Gasteiger partial charge on any atom is -0.375 e. The van der Waals surface area contributed by atoms with Crippen LogP contribution < -0.4 is 4.90 Å². The summed E-state index contributed by atoms with van der Waals surface area (Å²) in [7, 11) is 0. The molecule has 0 saturated carbocycles. The first-order chi connectivity index (χ1) is 15.1. The Morgan fingerprint density at radius 1 is 0.969 bits per heavy atom. The van der Waals surface area contributed by atoms with Crippen LogP contribution in [-0.2, 0) is 16.9 Å². The number of fused-ring (bicyclic) bond motifs is 1. The van der Waals surface area contributed by atoms with Crippen LogP contribution in [0.25, 0.3) is 0 Å². The number of carbonyl (C=O) groups is 2. The Bertz CT molecular complexity index is 1220. The maximum absolute atomic E-state index is 13.6. The van der Waals surface area contributed by atoms with Crippen molar-refractivity contribution >= 4 is 29.0 Å². The number of rotatable bonds is 5. The number of nitrogens with zero attached hydrogens (tertiary/aromatic N) is 1. The van der Waals surface area contributed by atoms with E-state index >= 15 is 0 Å². The Morgan fingerprint density at radius 2 is 1.56 bits per heavy atom. The molecule has 0 aromatic heterocycles. The van der Waals surface area contributed by atoms with Crippen LogP contribution >= 0.6 is 11.6 Å². The Labute approximate surface area is 193 Å². The second-order valence-electron chi connectivity index (χ2n) is 8.60. The quantitative estimate of drug-likeness (QED) is 0.519.